The second kappa shape index (κ2) is 10.4. The maximum Gasteiger partial charge on any atom is 0.343 e. The van der Waals surface area contributed by atoms with Gasteiger partial charge in [0.15, 0.2) is 29.0 Å². The highest BCUT2D eigenvalue weighted by Gasteiger charge is 2.31. The standard InChI is InChI=1S/C24H22F3NO7/c1-11-7-17(29)20(24(31)35-11)14(13-5-6-18(32-2)23(34-4)22(13)33-3)10-19(30)28-12-8-15(25)21(27)16(26)9-12/h5-9,14,29H,10H2,1-4H3,(H,28,30)/t14-/m0/s1. The maximum atomic E-state index is 13.6. The molecule has 1 aromatic heterocycles. The van der Waals surface area contributed by atoms with Gasteiger partial charge in [-0.3, -0.25) is 4.79 Å². The van der Waals surface area contributed by atoms with Gasteiger partial charge in [-0.25, -0.2) is 18.0 Å². The number of benzene rings is 2. The smallest absolute Gasteiger partial charge is 0.343 e. The molecule has 0 fully saturated rings. The summed E-state index contributed by atoms with van der Waals surface area (Å²) in [6.07, 6.45) is -0.506. The number of hydrogen-bond acceptors (Lipinski definition) is 7. The molecule has 1 amide bonds. The third-order valence-corrected chi connectivity index (χ3v) is 5.21. The van der Waals surface area contributed by atoms with Crippen molar-refractivity contribution in [1.82, 2.24) is 0 Å². The Morgan fingerprint density at radius 3 is 2.20 bits per heavy atom. The van der Waals surface area contributed by atoms with Crippen LogP contribution in [0.4, 0.5) is 18.9 Å². The van der Waals surface area contributed by atoms with Crippen molar-refractivity contribution in [2.24, 2.45) is 0 Å². The van der Waals surface area contributed by atoms with Gasteiger partial charge < -0.3 is 29.1 Å². The molecule has 0 bridgehead atoms. The lowest BCUT2D eigenvalue weighted by Gasteiger charge is -2.22. The maximum absolute atomic E-state index is 13.6. The summed E-state index contributed by atoms with van der Waals surface area (Å²) >= 11 is 0. The zero-order valence-corrected chi connectivity index (χ0v) is 19.2. The number of aromatic hydroxyl groups is 1. The van der Waals surface area contributed by atoms with Gasteiger partial charge in [-0.1, -0.05) is 6.07 Å². The molecule has 1 atom stereocenters. The molecule has 0 aliphatic heterocycles. The molecule has 186 valence electrons. The minimum atomic E-state index is -1.68. The van der Waals surface area contributed by atoms with E-state index in [4.69, 9.17) is 18.6 Å². The van der Waals surface area contributed by atoms with Gasteiger partial charge in [-0.15, -0.1) is 0 Å². The molecule has 3 rings (SSSR count). The van der Waals surface area contributed by atoms with Crippen LogP contribution in [-0.2, 0) is 4.79 Å². The fourth-order valence-electron chi connectivity index (χ4n) is 3.72. The van der Waals surface area contributed by atoms with Gasteiger partial charge in [0, 0.05) is 41.8 Å². The van der Waals surface area contributed by atoms with E-state index in [0.29, 0.717) is 17.9 Å². The Morgan fingerprint density at radius 1 is 1.03 bits per heavy atom. The van der Waals surface area contributed by atoms with Crippen LogP contribution < -0.4 is 25.2 Å². The number of methoxy groups -OCH3 is 3. The van der Waals surface area contributed by atoms with Crippen molar-refractivity contribution in [3.63, 3.8) is 0 Å². The molecule has 0 aliphatic rings. The Hall–Kier alpha value is -4.15. The molecular formula is C24H22F3NO7. The molecule has 2 N–H and O–H groups in total. The van der Waals surface area contributed by atoms with Crippen LogP contribution in [-0.4, -0.2) is 32.3 Å². The summed E-state index contributed by atoms with van der Waals surface area (Å²) in [5.41, 5.74) is -1.25. The number of halogens is 3. The summed E-state index contributed by atoms with van der Waals surface area (Å²) in [6.45, 7) is 1.46. The predicted molar refractivity (Wildman–Crippen MR) is 119 cm³/mol. The fourth-order valence-corrected chi connectivity index (χ4v) is 3.72. The summed E-state index contributed by atoms with van der Waals surface area (Å²) in [6, 6.07) is 5.45. The number of amides is 1. The highest BCUT2D eigenvalue weighted by molar-refractivity contribution is 5.91. The summed E-state index contributed by atoms with van der Waals surface area (Å²) < 4.78 is 61.7. The monoisotopic (exact) mass is 493 g/mol. The van der Waals surface area contributed by atoms with Crippen molar-refractivity contribution in [3.8, 4) is 23.0 Å². The largest absolute Gasteiger partial charge is 0.507 e. The summed E-state index contributed by atoms with van der Waals surface area (Å²) in [4.78, 5) is 25.6. The first-order chi connectivity index (χ1) is 16.6. The van der Waals surface area contributed by atoms with Crippen LogP contribution in [0.1, 0.15) is 29.2 Å². The van der Waals surface area contributed by atoms with E-state index < -0.39 is 47.1 Å². The first kappa shape index (κ1) is 25.5. The summed E-state index contributed by atoms with van der Waals surface area (Å²) in [7, 11) is 4.10. The van der Waals surface area contributed by atoms with E-state index in [2.05, 4.69) is 5.32 Å². The summed E-state index contributed by atoms with van der Waals surface area (Å²) in [5, 5.41) is 12.8. The first-order valence-corrected chi connectivity index (χ1v) is 10.2. The van der Waals surface area contributed by atoms with Crippen LogP contribution in [0.2, 0.25) is 0 Å². The number of anilines is 1. The van der Waals surface area contributed by atoms with Crippen LogP contribution in [0.3, 0.4) is 0 Å². The number of hydrogen-bond donors (Lipinski definition) is 2. The average Bonchev–Trinajstić information content (AvgIpc) is 2.80. The van der Waals surface area contributed by atoms with Crippen molar-refractivity contribution < 1.29 is 41.7 Å². The second-order valence-corrected chi connectivity index (χ2v) is 7.43. The molecule has 0 saturated carbocycles. The molecule has 8 nitrogen and oxygen atoms in total. The molecule has 35 heavy (non-hydrogen) atoms. The Labute approximate surface area is 197 Å². The molecule has 0 aliphatic carbocycles. The minimum Gasteiger partial charge on any atom is -0.507 e. The average molecular weight is 493 g/mol. The lowest BCUT2D eigenvalue weighted by atomic mass is 9.87. The van der Waals surface area contributed by atoms with Gasteiger partial charge in [0.1, 0.15) is 11.5 Å². The van der Waals surface area contributed by atoms with Crippen LogP contribution in [0, 0.1) is 24.4 Å². The molecule has 1 heterocycles. The van der Waals surface area contributed by atoms with Gasteiger partial charge in [0.2, 0.25) is 11.7 Å². The van der Waals surface area contributed by atoms with E-state index in [9.17, 15) is 27.9 Å². The zero-order chi connectivity index (χ0) is 25.9. The van der Waals surface area contributed by atoms with E-state index in [1.807, 2.05) is 0 Å². The van der Waals surface area contributed by atoms with Crippen LogP contribution in [0.5, 0.6) is 23.0 Å². The quantitative estimate of drug-likeness (QED) is 0.452. The molecular weight excluding hydrogens is 471 g/mol. The number of rotatable bonds is 8. The van der Waals surface area contributed by atoms with E-state index in [1.165, 1.54) is 46.5 Å². The molecule has 11 heteroatoms. The Balaban J connectivity index is 2.12. The highest BCUT2D eigenvalue weighted by atomic mass is 19.2. The van der Waals surface area contributed by atoms with Crippen molar-refractivity contribution in [2.75, 3.05) is 26.6 Å². The van der Waals surface area contributed by atoms with Crippen LogP contribution in [0.25, 0.3) is 0 Å². The zero-order valence-electron chi connectivity index (χ0n) is 19.2. The van der Waals surface area contributed by atoms with Gasteiger partial charge in [0.05, 0.1) is 26.9 Å². The van der Waals surface area contributed by atoms with E-state index in [-0.39, 0.29) is 34.1 Å². The Bertz CT molecular complexity index is 1300. The summed E-state index contributed by atoms with van der Waals surface area (Å²) in [5.74, 6) is -6.35. The molecule has 0 radical (unpaired) electrons. The SMILES string of the molecule is COc1ccc([C@H](CC(=O)Nc2cc(F)c(F)c(F)c2)c2c(O)cc(C)oc2=O)c(OC)c1OC. The number of carbonyl (C=O) groups is 1. The lowest BCUT2D eigenvalue weighted by molar-refractivity contribution is -0.116. The highest BCUT2D eigenvalue weighted by Crippen LogP contribution is 2.46. The Kier molecular flexibility index (Phi) is 7.58. The van der Waals surface area contributed by atoms with Crippen molar-refractivity contribution in [3.05, 3.63) is 75.1 Å². The predicted octanol–water partition coefficient (Wildman–Crippen LogP) is 4.26. The van der Waals surface area contributed by atoms with Crippen LogP contribution in [0.15, 0.2) is 39.5 Å². The van der Waals surface area contributed by atoms with Gasteiger partial charge in [-0.05, 0) is 13.0 Å². The van der Waals surface area contributed by atoms with Crippen molar-refractivity contribution in [2.45, 2.75) is 19.3 Å². The Morgan fingerprint density at radius 2 is 1.66 bits per heavy atom. The van der Waals surface area contributed by atoms with E-state index in [0.717, 1.165) is 0 Å². The van der Waals surface area contributed by atoms with Crippen molar-refractivity contribution >= 4 is 11.6 Å². The lowest BCUT2D eigenvalue weighted by Crippen LogP contribution is -2.22. The third kappa shape index (κ3) is 5.18. The number of aryl methyl sites for hydroxylation is 1. The minimum absolute atomic E-state index is 0.114. The third-order valence-electron chi connectivity index (χ3n) is 5.21. The molecule has 0 unspecified atom stereocenters. The number of carbonyl (C=O) groups excluding carboxylic acids is 1. The molecule has 0 spiro atoms. The molecule has 3 aromatic rings. The topological polar surface area (TPSA) is 107 Å². The number of ether oxygens (including phenoxy) is 3. The van der Waals surface area contributed by atoms with E-state index >= 15 is 0 Å². The molecule has 0 saturated heterocycles. The number of nitrogens with one attached hydrogen (secondary N) is 1. The van der Waals surface area contributed by atoms with Gasteiger partial charge in [-0.2, -0.15) is 0 Å². The second-order valence-electron chi connectivity index (χ2n) is 7.43. The fraction of sp³-hybridized carbons (Fsp3) is 0.250. The van der Waals surface area contributed by atoms with Gasteiger partial charge >= 0.3 is 5.63 Å². The first-order valence-electron chi connectivity index (χ1n) is 10.2. The molecule has 2 aromatic carbocycles. The van der Waals surface area contributed by atoms with Crippen molar-refractivity contribution in [1.29, 1.82) is 0 Å². The normalized spacial score (nSPS) is 11.6. The van der Waals surface area contributed by atoms with E-state index in [1.54, 1.807) is 0 Å². The van der Waals surface area contributed by atoms with Gasteiger partial charge in [0.25, 0.3) is 0 Å². The van der Waals surface area contributed by atoms with Crippen LogP contribution >= 0.6 is 0 Å².